The Morgan fingerprint density at radius 3 is 2.68 bits per heavy atom. The normalized spacial score (nSPS) is 11.7. The summed E-state index contributed by atoms with van der Waals surface area (Å²) in [5, 5.41) is 3.58. The lowest BCUT2D eigenvalue weighted by Gasteiger charge is -2.12. The Labute approximate surface area is 186 Å². The molecule has 0 aliphatic heterocycles. The van der Waals surface area contributed by atoms with Crippen LogP contribution in [0.25, 0.3) is 0 Å². The van der Waals surface area contributed by atoms with Crippen LogP contribution in [0.15, 0.2) is 64.5 Å². The summed E-state index contributed by atoms with van der Waals surface area (Å²) in [6, 6.07) is 17.8. The van der Waals surface area contributed by atoms with Gasteiger partial charge in [-0.25, -0.2) is 4.98 Å². The largest absolute Gasteiger partial charge is 0.497 e. The van der Waals surface area contributed by atoms with Gasteiger partial charge in [0.2, 0.25) is 5.91 Å². The minimum atomic E-state index is -0.266. The summed E-state index contributed by atoms with van der Waals surface area (Å²) >= 11 is 1.49. The van der Waals surface area contributed by atoms with Crippen molar-refractivity contribution in [3.8, 4) is 5.75 Å². The van der Waals surface area contributed by atoms with Gasteiger partial charge in [-0.3, -0.25) is 9.59 Å². The molecule has 0 aliphatic carbocycles. The molecule has 0 fully saturated rings. The summed E-state index contributed by atoms with van der Waals surface area (Å²) in [5.74, 6) is 0.591. The van der Waals surface area contributed by atoms with Crippen LogP contribution in [-0.4, -0.2) is 29.5 Å². The summed E-state index contributed by atoms with van der Waals surface area (Å²) in [6.07, 6.45) is 0.689. The fraction of sp³-hybridized carbons (Fsp3) is 0.292. The Morgan fingerprint density at radius 1 is 1.19 bits per heavy atom. The van der Waals surface area contributed by atoms with Crippen LogP contribution in [0.4, 0.5) is 0 Å². The summed E-state index contributed by atoms with van der Waals surface area (Å²) < 4.78 is 5.21. The van der Waals surface area contributed by atoms with Crippen LogP contribution >= 0.6 is 11.8 Å². The minimum Gasteiger partial charge on any atom is -0.497 e. The molecule has 3 aromatic rings. The van der Waals surface area contributed by atoms with Gasteiger partial charge in [0, 0.05) is 23.1 Å². The van der Waals surface area contributed by atoms with Crippen molar-refractivity contribution >= 4 is 17.7 Å². The van der Waals surface area contributed by atoms with Gasteiger partial charge in [0.15, 0.2) is 5.16 Å². The van der Waals surface area contributed by atoms with Gasteiger partial charge in [0.25, 0.3) is 5.56 Å². The van der Waals surface area contributed by atoms with Gasteiger partial charge in [0.05, 0.1) is 13.5 Å². The van der Waals surface area contributed by atoms with Crippen LogP contribution < -0.4 is 15.6 Å². The Balaban J connectivity index is 1.57. The molecule has 0 bridgehead atoms. The number of amides is 1. The first-order valence-corrected chi connectivity index (χ1v) is 11.0. The molecule has 0 saturated carbocycles. The number of hydrogen-bond acceptors (Lipinski definition) is 5. The van der Waals surface area contributed by atoms with Gasteiger partial charge >= 0.3 is 0 Å². The van der Waals surface area contributed by atoms with Crippen molar-refractivity contribution < 1.29 is 9.53 Å². The smallest absolute Gasteiger partial charge is 0.255 e. The highest BCUT2D eigenvalue weighted by Crippen LogP contribution is 2.32. The van der Waals surface area contributed by atoms with E-state index in [1.54, 1.807) is 14.0 Å². The topological polar surface area (TPSA) is 84.1 Å². The van der Waals surface area contributed by atoms with Gasteiger partial charge in [-0.2, -0.15) is 0 Å². The standard InChI is InChI=1S/C24H27N3O3S/c1-16-21(15-22(28)25-13-12-18-8-7-11-20(14-18)30-3)23(29)27-24(26-16)31-17(2)19-9-5-4-6-10-19/h4-11,14,17H,12-13,15H2,1-3H3,(H,25,28)(H,26,27,29). The van der Waals surface area contributed by atoms with E-state index in [-0.39, 0.29) is 23.1 Å². The molecule has 162 valence electrons. The van der Waals surface area contributed by atoms with Crippen LogP contribution in [-0.2, 0) is 17.6 Å². The van der Waals surface area contributed by atoms with Gasteiger partial charge in [-0.15, -0.1) is 0 Å². The van der Waals surface area contributed by atoms with Crippen LogP contribution in [0, 0.1) is 6.92 Å². The Kier molecular flexibility index (Phi) is 7.89. The van der Waals surface area contributed by atoms with Crippen LogP contribution in [0.2, 0.25) is 0 Å². The molecule has 2 N–H and O–H groups in total. The number of aromatic nitrogens is 2. The van der Waals surface area contributed by atoms with E-state index in [2.05, 4.69) is 22.2 Å². The molecule has 1 aromatic heterocycles. The first-order valence-electron chi connectivity index (χ1n) is 10.2. The second-order valence-corrected chi connectivity index (χ2v) is 8.56. The Hall–Kier alpha value is -3.06. The zero-order valence-corrected chi connectivity index (χ0v) is 18.8. The van der Waals surface area contributed by atoms with E-state index in [0.717, 1.165) is 16.9 Å². The van der Waals surface area contributed by atoms with E-state index in [0.29, 0.717) is 29.4 Å². The molecule has 0 radical (unpaired) electrons. The first kappa shape index (κ1) is 22.6. The number of methoxy groups -OCH3 is 1. The number of thioether (sulfide) groups is 1. The molecule has 0 saturated heterocycles. The molecule has 6 nitrogen and oxygen atoms in total. The number of aryl methyl sites for hydroxylation is 1. The summed E-state index contributed by atoms with van der Waals surface area (Å²) in [4.78, 5) is 32.3. The number of hydrogen-bond donors (Lipinski definition) is 2. The number of benzene rings is 2. The average Bonchev–Trinajstić information content (AvgIpc) is 2.77. The maximum absolute atomic E-state index is 12.6. The molecule has 0 aliphatic rings. The van der Waals surface area contributed by atoms with E-state index < -0.39 is 0 Å². The lowest BCUT2D eigenvalue weighted by molar-refractivity contribution is -0.120. The molecule has 0 spiro atoms. The highest BCUT2D eigenvalue weighted by Gasteiger charge is 2.15. The van der Waals surface area contributed by atoms with Crippen LogP contribution in [0.3, 0.4) is 0 Å². The zero-order chi connectivity index (χ0) is 22.2. The third-order valence-corrected chi connectivity index (χ3v) is 6.01. The summed E-state index contributed by atoms with van der Waals surface area (Å²) in [7, 11) is 1.63. The number of nitrogens with zero attached hydrogens (tertiary/aromatic N) is 1. The maximum atomic E-state index is 12.6. The Morgan fingerprint density at radius 2 is 1.97 bits per heavy atom. The number of aromatic amines is 1. The second-order valence-electron chi connectivity index (χ2n) is 7.23. The number of carbonyl (C=O) groups is 1. The van der Waals surface area contributed by atoms with E-state index in [9.17, 15) is 9.59 Å². The van der Waals surface area contributed by atoms with Crippen molar-refractivity contribution in [1.82, 2.24) is 15.3 Å². The van der Waals surface area contributed by atoms with Crippen molar-refractivity contribution in [2.24, 2.45) is 0 Å². The number of ether oxygens (including phenoxy) is 1. The van der Waals surface area contributed by atoms with Gasteiger partial charge < -0.3 is 15.0 Å². The van der Waals surface area contributed by atoms with Crippen LogP contribution in [0.1, 0.15) is 34.6 Å². The SMILES string of the molecule is COc1cccc(CCNC(=O)Cc2c(C)nc(SC(C)c3ccccc3)[nH]c2=O)c1. The molecule has 1 atom stereocenters. The molecule has 1 unspecified atom stereocenters. The van der Waals surface area contributed by atoms with Crippen molar-refractivity contribution in [3.63, 3.8) is 0 Å². The fourth-order valence-electron chi connectivity index (χ4n) is 3.21. The zero-order valence-electron chi connectivity index (χ0n) is 18.0. The minimum absolute atomic E-state index is 0.00542. The molecule has 2 aromatic carbocycles. The molecular weight excluding hydrogens is 410 g/mol. The summed E-state index contributed by atoms with van der Waals surface area (Å²) in [5.41, 5.74) is 2.94. The molecule has 3 rings (SSSR count). The second kappa shape index (κ2) is 10.8. The molecule has 1 amide bonds. The molecular formula is C24H27N3O3S. The predicted octanol–water partition coefficient (Wildman–Crippen LogP) is 3.84. The average molecular weight is 438 g/mol. The monoisotopic (exact) mass is 437 g/mol. The van der Waals surface area contributed by atoms with Crippen molar-refractivity contribution in [2.75, 3.05) is 13.7 Å². The van der Waals surface area contributed by atoms with Crippen molar-refractivity contribution in [1.29, 1.82) is 0 Å². The van der Waals surface area contributed by atoms with Crippen molar-refractivity contribution in [2.45, 2.75) is 37.1 Å². The number of nitrogens with one attached hydrogen (secondary N) is 2. The first-order chi connectivity index (χ1) is 15.0. The highest BCUT2D eigenvalue weighted by molar-refractivity contribution is 7.99. The van der Waals surface area contributed by atoms with E-state index in [4.69, 9.17) is 4.74 Å². The quantitative estimate of drug-likeness (QED) is 0.392. The third kappa shape index (κ3) is 6.46. The van der Waals surface area contributed by atoms with E-state index >= 15 is 0 Å². The predicted molar refractivity (Wildman–Crippen MR) is 124 cm³/mol. The molecule has 7 heteroatoms. The lowest BCUT2D eigenvalue weighted by Crippen LogP contribution is -2.30. The van der Waals surface area contributed by atoms with Crippen molar-refractivity contribution in [3.05, 3.63) is 87.3 Å². The van der Waals surface area contributed by atoms with Gasteiger partial charge in [0.1, 0.15) is 5.75 Å². The van der Waals surface area contributed by atoms with E-state index in [1.807, 2.05) is 54.6 Å². The lowest BCUT2D eigenvalue weighted by atomic mass is 10.1. The maximum Gasteiger partial charge on any atom is 0.255 e. The number of carbonyl (C=O) groups excluding carboxylic acids is 1. The Bertz CT molecular complexity index is 1080. The molecule has 31 heavy (non-hydrogen) atoms. The van der Waals surface area contributed by atoms with Gasteiger partial charge in [-0.05, 0) is 43.5 Å². The summed E-state index contributed by atoms with van der Waals surface area (Å²) in [6.45, 7) is 4.32. The van der Waals surface area contributed by atoms with Crippen LogP contribution in [0.5, 0.6) is 5.75 Å². The molecule has 1 heterocycles. The number of rotatable bonds is 9. The van der Waals surface area contributed by atoms with E-state index in [1.165, 1.54) is 11.8 Å². The third-order valence-electron chi connectivity index (χ3n) is 4.97. The number of H-pyrrole nitrogens is 1. The fourth-order valence-corrected chi connectivity index (χ4v) is 4.17. The van der Waals surface area contributed by atoms with Gasteiger partial charge in [-0.1, -0.05) is 54.2 Å². The highest BCUT2D eigenvalue weighted by atomic mass is 32.2.